The summed E-state index contributed by atoms with van der Waals surface area (Å²) in [5.41, 5.74) is 2.15. The van der Waals surface area contributed by atoms with Crippen LogP contribution in [0.3, 0.4) is 0 Å². The van der Waals surface area contributed by atoms with E-state index in [2.05, 4.69) is 10.3 Å². The van der Waals surface area contributed by atoms with Gasteiger partial charge in [0.25, 0.3) is 5.91 Å². The van der Waals surface area contributed by atoms with Gasteiger partial charge in [-0.25, -0.2) is 9.78 Å². The van der Waals surface area contributed by atoms with Crippen LogP contribution < -0.4 is 10.1 Å². The van der Waals surface area contributed by atoms with E-state index in [-0.39, 0.29) is 19.0 Å². The van der Waals surface area contributed by atoms with Gasteiger partial charge in [-0.1, -0.05) is 30.3 Å². The van der Waals surface area contributed by atoms with E-state index in [1.54, 1.807) is 25.3 Å². The Bertz CT molecular complexity index is 944. The van der Waals surface area contributed by atoms with E-state index >= 15 is 0 Å². The summed E-state index contributed by atoms with van der Waals surface area (Å²) in [5, 5.41) is 2.67. The van der Waals surface area contributed by atoms with E-state index < -0.39 is 11.9 Å². The highest BCUT2D eigenvalue weighted by molar-refractivity contribution is 5.89. The number of ether oxygens (including phenoxy) is 2. The fourth-order valence-corrected chi connectivity index (χ4v) is 2.38. The molecule has 1 aromatic heterocycles. The van der Waals surface area contributed by atoms with E-state index in [9.17, 15) is 9.59 Å². The van der Waals surface area contributed by atoms with Crippen molar-refractivity contribution in [2.75, 3.05) is 13.7 Å². The fourth-order valence-electron chi connectivity index (χ4n) is 2.38. The van der Waals surface area contributed by atoms with Gasteiger partial charge in [-0.05, 0) is 18.2 Å². The van der Waals surface area contributed by atoms with Gasteiger partial charge in [-0.2, -0.15) is 0 Å². The maximum absolute atomic E-state index is 11.8. The molecule has 0 aliphatic rings. The van der Waals surface area contributed by atoms with Gasteiger partial charge < -0.3 is 19.2 Å². The molecule has 2 aromatic carbocycles. The predicted octanol–water partition coefficient (Wildman–Crippen LogP) is 2.71. The van der Waals surface area contributed by atoms with Crippen LogP contribution >= 0.6 is 0 Å². The van der Waals surface area contributed by atoms with Gasteiger partial charge in [0.05, 0.1) is 7.11 Å². The second-order valence-corrected chi connectivity index (χ2v) is 5.55. The van der Waals surface area contributed by atoms with E-state index in [0.717, 1.165) is 11.6 Å². The molecule has 138 valence electrons. The Labute approximate surface area is 155 Å². The first-order chi connectivity index (χ1) is 13.2. The van der Waals surface area contributed by atoms with E-state index in [4.69, 9.17) is 13.9 Å². The van der Waals surface area contributed by atoms with Crippen molar-refractivity contribution in [1.29, 1.82) is 0 Å². The molecule has 7 nitrogen and oxygen atoms in total. The zero-order chi connectivity index (χ0) is 19.1. The predicted molar refractivity (Wildman–Crippen MR) is 98.8 cm³/mol. The molecule has 7 heteroatoms. The molecule has 0 atom stereocenters. The Morgan fingerprint density at radius 1 is 1.15 bits per heavy atom. The van der Waals surface area contributed by atoms with Gasteiger partial charge in [0.1, 0.15) is 11.3 Å². The van der Waals surface area contributed by atoms with Gasteiger partial charge >= 0.3 is 5.97 Å². The molecule has 0 bridgehead atoms. The van der Waals surface area contributed by atoms with Crippen molar-refractivity contribution in [3.8, 4) is 5.75 Å². The molecule has 1 N–H and O–H groups in total. The summed E-state index contributed by atoms with van der Waals surface area (Å²) < 4.78 is 15.6. The summed E-state index contributed by atoms with van der Waals surface area (Å²) in [6.45, 7) is -0.106. The lowest BCUT2D eigenvalue weighted by molar-refractivity contribution is -0.143. The van der Waals surface area contributed by atoms with Gasteiger partial charge in [-0.3, -0.25) is 4.79 Å². The number of fused-ring (bicyclic) bond motifs is 1. The van der Waals surface area contributed by atoms with Crippen LogP contribution in [0, 0.1) is 0 Å². The lowest BCUT2D eigenvalue weighted by Gasteiger charge is -2.09. The number of esters is 1. The molecule has 0 saturated carbocycles. The van der Waals surface area contributed by atoms with Crippen LogP contribution in [0.2, 0.25) is 0 Å². The van der Waals surface area contributed by atoms with Crippen molar-refractivity contribution >= 4 is 29.1 Å². The Hall–Kier alpha value is -3.61. The molecule has 1 amide bonds. The summed E-state index contributed by atoms with van der Waals surface area (Å²) in [4.78, 5) is 27.8. The molecule has 3 aromatic rings. The smallest absolute Gasteiger partial charge is 0.331 e. The van der Waals surface area contributed by atoms with Crippen LogP contribution in [0.15, 0.2) is 59.0 Å². The molecule has 0 unspecified atom stereocenters. The molecule has 0 aliphatic carbocycles. The van der Waals surface area contributed by atoms with Gasteiger partial charge in [-0.15, -0.1) is 0 Å². The van der Waals surface area contributed by atoms with Gasteiger partial charge in [0.2, 0.25) is 5.89 Å². The molecule has 27 heavy (non-hydrogen) atoms. The molecule has 0 fully saturated rings. The van der Waals surface area contributed by atoms with Crippen LogP contribution in [0.1, 0.15) is 11.5 Å². The number of carbonyl (C=O) groups excluding carboxylic acids is 2. The van der Waals surface area contributed by atoms with Crippen LogP contribution in [0.4, 0.5) is 0 Å². The topological polar surface area (TPSA) is 90.7 Å². The minimum Gasteiger partial charge on any atom is -0.496 e. The molecule has 3 rings (SSSR count). The van der Waals surface area contributed by atoms with Gasteiger partial charge in [0.15, 0.2) is 12.2 Å². The Morgan fingerprint density at radius 2 is 1.93 bits per heavy atom. The van der Waals surface area contributed by atoms with Crippen molar-refractivity contribution in [3.63, 3.8) is 0 Å². The standard InChI is InChI=1S/C20H18N2O5/c1-25-16-8-4-2-6-14(16)12-21-18(23)13-26-20(24)11-10-19-22-15-7-3-5-9-17(15)27-19/h2-11H,12-13H2,1H3,(H,21,23)/b11-10+. The zero-order valence-electron chi connectivity index (χ0n) is 14.7. The number of hydrogen-bond donors (Lipinski definition) is 1. The average molecular weight is 366 g/mol. The van der Waals surface area contributed by atoms with Crippen molar-refractivity contribution in [3.05, 3.63) is 66.1 Å². The van der Waals surface area contributed by atoms with Crippen molar-refractivity contribution < 1.29 is 23.5 Å². The van der Waals surface area contributed by atoms with Crippen LogP contribution in [0.25, 0.3) is 17.2 Å². The molecule has 0 saturated heterocycles. The number of nitrogens with one attached hydrogen (secondary N) is 1. The van der Waals surface area contributed by atoms with E-state index in [0.29, 0.717) is 16.8 Å². The highest BCUT2D eigenvalue weighted by Gasteiger charge is 2.08. The number of carbonyl (C=O) groups is 2. The number of methoxy groups -OCH3 is 1. The number of rotatable bonds is 7. The van der Waals surface area contributed by atoms with E-state index in [1.807, 2.05) is 30.3 Å². The Kier molecular flexibility index (Phi) is 5.84. The fraction of sp³-hybridized carbons (Fsp3) is 0.150. The monoisotopic (exact) mass is 366 g/mol. The molecule has 0 spiro atoms. The summed E-state index contributed by atoms with van der Waals surface area (Å²) >= 11 is 0. The Balaban J connectivity index is 1.46. The number of nitrogens with zero attached hydrogens (tertiary/aromatic N) is 1. The number of amides is 1. The SMILES string of the molecule is COc1ccccc1CNC(=O)COC(=O)/C=C/c1nc2ccccc2o1. The number of hydrogen-bond acceptors (Lipinski definition) is 6. The second kappa shape index (κ2) is 8.66. The summed E-state index contributed by atoms with van der Waals surface area (Å²) in [7, 11) is 1.56. The third kappa shape index (κ3) is 4.94. The maximum atomic E-state index is 11.8. The molecule has 1 heterocycles. The quantitative estimate of drug-likeness (QED) is 0.511. The van der Waals surface area contributed by atoms with Crippen molar-refractivity contribution in [1.82, 2.24) is 10.3 Å². The van der Waals surface area contributed by atoms with Crippen molar-refractivity contribution in [2.24, 2.45) is 0 Å². The normalized spacial score (nSPS) is 10.9. The first kappa shape index (κ1) is 18.2. The molecule has 0 aliphatic heterocycles. The van der Waals surface area contributed by atoms with Gasteiger partial charge in [0, 0.05) is 24.3 Å². The molecule has 0 radical (unpaired) electrons. The number of oxazole rings is 1. The average Bonchev–Trinajstić information content (AvgIpc) is 3.12. The van der Waals surface area contributed by atoms with Crippen molar-refractivity contribution in [2.45, 2.75) is 6.54 Å². The second-order valence-electron chi connectivity index (χ2n) is 5.55. The highest BCUT2D eigenvalue weighted by Crippen LogP contribution is 2.17. The maximum Gasteiger partial charge on any atom is 0.331 e. The summed E-state index contributed by atoms with van der Waals surface area (Å²) in [6.07, 6.45) is 2.56. The summed E-state index contributed by atoms with van der Waals surface area (Å²) in [6, 6.07) is 14.6. The lowest BCUT2D eigenvalue weighted by Crippen LogP contribution is -2.28. The first-order valence-corrected chi connectivity index (χ1v) is 8.24. The largest absolute Gasteiger partial charge is 0.496 e. The number of aromatic nitrogens is 1. The third-order valence-electron chi connectivity index (χ3n) is 3.69. The first-order valence-electron chi connectivity index (χ1n) is 8.24. The lowest BCUT2D eigenvalue weighted by atomic mass is 10.2. The summed E-state index contributed by atoms with van der Waals surface area (Å²) in [5.74, 6) is -0.112. The molecular formula is C20H18N2O5. The van der Waals surface area contributed by atoms with Crippen LogP contribution in [-0.2, 0) is 20.9 Å². The third-order valence-corrected chi connectivity index (χ3v) is 3.69. The Morgan fingerprint density at radius 3 is 2.74 bits per heavy atom. The number of para-hydroxylation sites is 3. The highest BCUT2D eigenvalue weighted by atomic mass is 16.5. The van der Waals surface area contributed by atoms with Crippen LogP contribution in [0.5, 0.6) is 5.75 Å². The van der Waals surface area contributed by atoms with E-state index in [1.165, 1.54) is 6.08 Å². The minimum absolute atomic E-state index is 0.277. The zero-order valence-corrected chi connectivity index (χ0v) is 14.7. The number of benzene rings is 2. The van der Waals surface area contributed by atoms with Crippen LogP contribution in [-0.4, -0.2) is 30.6 Å². The minimum atomic E-state index is -0.662. The molecular weight excluding hydrogens is 348 g/mol.